The number of nitrogens with one attached hydrogen (secondary N) is 1. The maximum atomic E-state index is 15.1. The van der Waals surface area contributed by atoms with Gasteiger partial charge in [0.15, 0.2) is 0 Å². The Balaban J connectivity index is 1.86. The Morgan fingerprint density at radius 3 is 2.13 bits per heavy atom. The summed E-state index contributed by atoms with van der Waals surface area (Å²) >= 11 is 12.8. The molecule has 0 aliphatic rings. The lowest BCUT2D eigenvalue weighted by Crippen LogP contribution is -2.56. The first-order valence-corrected chi connectivity index (χ1v) is 16.8. The first-order valence-electron chi connectivity index (χ1n) is 14.6. The maximum absolute atomic E-state index is 15.1. The van der Waals surface area contributed by atoms with Gasteiger partial charge in [-0.15, -0.1) is 0 Å². The van der Waals surface area contributed by atoms with Crippen LogP contribution in [0.5, 0.6) is 0 Å². The number of halogens is 3. The van der Waals surface area contributed by atoms with E-state index >= 15 is 4.39 Å². The molecule has 11 heteroatoms. The number of hydrogen-bond donors (Lipinski definition) is 1. The van der Waals surface area contributed by atoms with Crippen LogP contribution in [-0.4, -0.2) is 43.3 Å². The number of aryl methyl sites for hydroxylation is 1. The van der Waals surface area contributed by atoms with Crippen molar-refractivity contribution >= 4 is 50.7 Å². The van der Waals surface area contributed by atoms with Gasteiger partial charge in [-0.25, -0.2) is 12.8 Å². The molecule has 4 aromatic carbocycles. The minimum Gasteiger partial charge on any atom is -0.350 e. The molecule has 0 bridgehead atoms. The Hall–Kier alpha value is -3.92. The summed E-state index contributed by atoms with van der Waals surface area (Å²) in [5.41, 5.74) is 1.07. The molecule has 2 amide bonds. The normalized spacial score (nSPS) is 12.3. The van der Waals surface area contributed by atoms with E-state index in [2.05, 4.69) is 5.32 Å². The second kappa shape index (κ2) is 14.7. The molecule has 46 heavy (non-hydrogen) atoms. The first kappa shape index (κ1) is 34.9. The molecule has 1 atom stereocenters. The monoisotopic (exact) mass is 683 g/mol. The maximum Gasteiger partial charge on any atom is 0.264 e. The number of carbonyl (C=O) groups excluding carboxylic acids is 2. The standard InChI is InChI=1S/C35H36Cl2FN3O4S/c1-24-17-19-27(20-18-24)46(44,45)41(30-16-10-14-28(36)33(30)37)23-32(42)40(22-26-13-8-9-15-29(26)38)31(34(43)39-35(2,3)4)21-25-11-6-5-7-12-25/h5-20,31H,21-23H2,1-4H3,(H,39,43)/t31-/m0/s1. The molecule has 0 heterocycles. The molecule has 0 aliphatic carbocycles. The van der Waals surface area contributed by atoms with Gasteiger partial charge in [0.1, 0.15) is 18.4 Å². The Morgan fingerprint density at radius 2 is 1.50 bits per heavy atom. The topological polar surface area (TPSA) is 86.8 Å². The number of anilines is 1. The van der Waals surface area contributed by atoms with Crippen LogP contribution >= 0.6 is 23.2 Å². The van der Waals surface area contributed by atoms with Gasteiger partial charge >= 0.3 is 0 Å². The SMILES string of the molecule is Cc1ccc(S(=O)(=O)N(CC(=O)N(Cc2ccccc2F)[C@@H](Cc2ccccc2)C(=O)NC(C)(C)C)c2cccc(Cl)c2Cl)cc1. The smallest absolute Gasteiger partial charge is 0.264 e. The van der Waals surface area contributed by atoms with Crippen LogP contribution in [-0.2, 0) is 32.6 Å². The van der Waals surface area contributed by atoms with Gasteiger partial charge in [0.2, 0.25) is 11.8 Å². The highest BCUT2D eigenvalue weighted by Crippen LogP contribution is 2.36. The Bertz CT molecular complexity index is 1800. The van der Waals surface area contributed by atoms with Crippen molar-refractivity contribution in [2.45, 2.75) is 57.1 Å². The fraction of sp³-hybridized carbons (Fsp3) is 0.257. The van der Waals surface area contributed by atoms with Gasteiger partial charge in [0.05, 0.1) is 20.6 Å². The molecule has 1 N–H and O–H groups in total. The van der Waals surface area contributed by atoms with Crippen LogP contribution in [0.3, 0.4) is 0 Å². The second-order valence-electron chi connectivity index (χ2n) is 12.0. The third-order valence-corrected chi connectivity index (χ3v) is 9.74. The van der Waals surface area contributed by atoms with Gasteiger partial charge in [0.25, 0.3) is 10.0 Å². The van der Waals surface area contributed by atoms with Crippen molar-refractivity contribution in [2.24, 2.45) is 0 Å². The fourth-order valence-corrected chi connectivity index (χ4v) is 6.73. The van der Waals surface area contributed by atoms with E-state index in [1.807, 2.05) is 58.0 Å². The zero-order valence-electron chi connectivity index (χ0n) is 26.0. The van der Waals surface area contributed by atoms with Gasteiger partial charge in [-0.1, -0.05) is 95.5 Å². The van der Waals surface area contributed by atoms with E-state index in [0.717, 1.165) is 15.4 Å². The summed E-state index contributed by atoms with van der Waals surface area (Å²) in [6, 6.07) is 24.5. The minimum absolute atomic E-state index is 0.0207. The number of sulfonamides is 1. The Morgan fingerprint density at radius 1 is 0.870 bits per heavy atom. The Labute approximate surface area is 280 Å². The Kier molecular flexibility index (Phi) is 11.1. The largest absolute Gasteiger partial charge is 0.350 e. The molecule has 4 aromatic rings. The summed E-state index contributed by atoms with van der Waals surface area (Å²) in [6.07, 6.45) is 0.0889. The van der Waals surface area contributed by atoms with Gasteiger partial charge in [-0.2, -0.15) is 0 Å². The highest BCUT2D eigenvalue weighted by atomic mass is 35.5. The van der Waals surface area contributed by atoms with Crippen molar-refractivity contribution < 1.29 is 22.4 Å². The fourth-order valence-electron chi connectivity index (χ4n) is 4.85. The van der Waals surface area contributed by atoms with Crippen LogP contribution in [0.4, 0.5) is 10.1 Å². The number of rotatable bonds is 11. The third kappa shape index (κ3) is 8.66. The van der Waals surface area contributed by atoms with E-state index in [-0.39, 0.29) is 39.2 Å². The molecule has 0 aromatic heterocycles. The average Bonchev–Trinajstić information content (AvgIpc) is 3.00. The van der Waals surface area contributed by atoms with Crippen LogP contribution in [0.2, 0.25) is 10.0 Å². The van der Waals surface area contributed by atoms with Crippen LogP contribution in [0.15, 0.2) is 102 Å². The van der Waals surface area contributed by atoms with Gasteiger partial charge in [0, 0.05) is 24.1 Å². The quantitative estimate of drug-likeness (QED) is 0.181. The molecule has 4 rings (SSSR count). The highest BCUT2D eigenvalue weighted by Gasteiger charge is 2.36. The predicted octanol–water partition coefficient (Wildman–Crippen LogP) is 7.19. The number of hydrogen-bond acceptors (Lipinski definition) is 4. The zero-order chi connectivity index (χ0) is 33.6. The molecule has 7 nitrogen and oxygen atoms in total. The van der Waals surface area contributed by atoms with Crippen LogP contribution < -0.4 is 9.62 Å². The lowest BCUT2D eigenvalue weighted by Gasteiger charge is -2.35. The van der Waals surface area contributed by atoms with Crippen molar-refractivity contribution in [1.82, 2.24) is 10.2 Å². The lowest BCUT2D eigenvalue weighted by atomic mass is 10.0. The minimum atomic E-state index is -4.39. The van der Waals surface area contributed by atoms with E-state index in [4.69, 9.17) is 23.2 Å². The van der Waals surface area contributed by atoms with Crippen LogP contribution in [0.25, 0.3) is 0 Å². The second-order valence-corrected chi connectivity index (χ2v) is 14.6. The van der Waals surface area contributed by atoms with E-state index in [1.165, 1.54) is 53.4 Å². The number of nitrogens with zero attached hydrogens (tertiary/aromatic N) is 2. The highest BCUT2D eigenvalue weighted by molar-refractivity contribution is 7.92. The van der Waals surface area contributed by atoms with Gasteiger partial charge in [-0.3, -0.25) is 13.9 Å². The summed E-state index contributed by atoms with van der Waals surface area (Å²) in [7, 11) is -4.39. The van der Waals surface area contributed by atoms with Crippen molar-refractivity contribution in [3.63, 3.8) is 0 Å². The van der Waals surface area contributed by atoms with Crippen LogP contribution in [0, 0.1) is 12.7 Å². The molecule has 0 saturated heterocycles. The summed E-state index contributed by atoms with van der Waals surface area (Å²) in [4.78, 5) is 29.6. The summed E-state index contributed by atoms with van der Waals surface area (Å²) in [6.45, 7) is 6.20. The molecule has 0 saturated carbocycles. The van der Waals surface area contributed by atoms with E-state index in [0.29, 0.717) is 0 Å². The lowest BCUT2D eigenvalue weighted by molar-refractivity contribution is -0.140. The van der Waals surface area contributed by atoms with Crippen molar-refractivity contribution in [3.05, 3.63) is 130 Å². The van der Waals surface area contributed by atoms with E-state index in [1.54, 1.807) is 18.2 Å². The third-order valence-electron chi connectivity index (χ3n) is 7.16. The molecular weight excluding hydrogens is 648 g/mol. The number of carbonyl (C=O) groups is 2. The molecule has 0 unspecified atom stereocenters. The summed E-state index contributed by atoms with van der Waals surface area (Å²) < 4.78 is 44.3. The predicted molar refractivity (Wildman–Crippen MR) is 181 cm³/mol. The molecule has 0 radical (unpaired) electrons. The molecule has 0 aliphatic heterocycles. The van der Waals surface area contributed by atoms with Crippen LogP contribution in [0.1, 0.15) is 37.5 Å². The van der Waals surface area contributed by atoms with Gasteiger partial charge < -0.3 is 10.2 Å². The first-order chi connectivity index (χ1) is 21.7. The molecular formula is C35H36Cl2FN3O4S. The number of benzene rings is 4. The molecule has 0 spiro atoms. The summed E-state index contributed by atoms with van der Waals surface area (Å²) in [5.74, 6) is -1.80. The number of amides is 2. The summed E-state index contributed by atoms with van der Waals surface area (Å²) in [5, 5.41) is 2.96. The van der Waals surface area contributed by atoms with Crippen molar-refractivity contribution in [1.29, 1.82) is 0 Å². The van der Waals surface area contributed by atoms with E-state index < -0.39 is 45.8 Å². The van der Waals surface area contributed by atoms with Gasteiger partial charge in [-0.05, 0) is 63.6 Å². The average molecular weight is 685 g/mol. The van der Waals surface area contributed by atoms with E-state index in [9.17, 15) is 18.0 Å². The molecule has 0 fully saturated rings. The zero-order valence-corrected chi connectivity index (χ0v) is 28.3. The van der Waals surface area contributed by atoms with Crippen molar-refractivity contribution in [2.75, 3.05) is 10.8 Å². The molecule has 242 valence electrons. The van der Waals surface area contributed by atoms with Crippen molar-refractivity contribution in [3.8, 4) is 0 Å².